The summed E-state index contributed by atoms with van der Waals surface area (Å²) in [4.78, 5) is 0. The van der Waals surface area contributed by atoms with E-state index in [4.69, 9.17) is 0 Å². The zero-order chi connectivity index (χ0) is 12.9. The molecule has 1 rings (SSSR count). The third kappa shape index (κ3) is 3.85. The summed E-state index contributed by atoms with van der Waals surface area (Å²) in [6.45, 7) is 0.660. The lowest BCUT2D eigenvalue weighted by atomic mass is 10.1. The van der Waals surface area contributed by atoms with Crippen LogP contribution < -0.4 is 5.32 Å². The first-order valence-corrected chi connectivity index (χ1v) is 5.13. The molecule has 0 radical (unpaired) electrons. The van der Waals surface area contributed by atoms with Crippen molar-refractivity contribution in [3.63, 3.8) is 0 Å². The summed E-state index contributed by atoms with van der Waals surface area (Å²) >= 11 is 0. The van der Waals surface area contributed by atoms with Crippen LogP contribution in [0.4, 0.5) is 17.6 Å². The van der Waals surface area contributed by atoms with Crippen molar-refractivity contribution in [1.29, 1.82) is 0 Å². The Hall–Kier alpha value is -1.36. The van der Waals surface area contributed by atoms with Gasteiger partial charge < -0.3 is 5.32 Å². The predicted octanol–water partition coefficient (Wildman–Crippen LogP) is 3.47. The summed E-state index contributed by atoms with van der Waals surface area (Å²) in [5, 5.41) is 2.86. The summed E-state index contributed by atoms with van der Waals surface area (Å²) in [7, 11) is 1.75. The van der Waals surface area contributed by atoms with Gasteiger partial charge >= 0.3 is 6.18 Å². The number of rotatable bonds is 4. The molecule has 0 spiro atoms. The van der Waals surface area contributed by atoms with E-state index in [1.54, 1.807) is 13.1 Å². The van der Waals surface area contributed by atoms with Gasteiger partial charge in [-0.25, -0.2) is 4.39 Å². The van der Waals surface area contributed by atoms with E-state index in [-0.39, 0.29) is 5.56 Å². The lowest BCUT2D eigenvalue weighted by Crippen LogP contribution is -2.10. The van der Waals surface area contributed by atoms with Gasteiger partial charge in [-0.1, -0.05) is 24.3 Å². The molecule has 0 aliphatic rings. The molecule has 5 heteroatoms. The Bertz CT molecular complexity index is 396. The molecule has 0 saturated carbocycles. The van der Waals surface area contributed by atoms with E-state index in [1.807, 2.05) is 0 Å². The van der Waals surface area contributed by atoms with Crippen LogP contribution in [-0.2, 0) is 6.18 Å². The maximum atomic E-state index is 13.2. The van der Waals surface area contributed by atoms with Gasteiger partial charge in [-0.2, -0.15) is 13.2 Å². The molecule has 1 nitrogen and oxygen atoms in total. The summed E-state index contributed by atoms with van der Waals surface area (Å²) in [5.41, 5.74) is -1.35. The van der Waals surface area contributed by atoms with Gasteiger partial charge in [0.05, 0.1) is 5.56 Å². The van der Waals surface area contributed by atoms with Crippen LogP contribution in [0.3, 0.4) is 0 Å². The largest absolute Gasteiger partial charge is 0.419 e. The molecule has 94 valence electrons. The van der Waals surface area contributed by atoms with E-state index in [2.05, 4.69) is 5.32 Å². The smallest absolute Gasteiger partial charge is 0.319 e. The molecule has 0 aliphatic carbocycles. The highest BCUT2D eigenvalue weighted by atomic mass is 19.4. The average Bonchev–Trinajstić information content (AvgIpc) is 2.22. The predicted molar refractivity (Wildman–Crippen MR) is 59.0 cm³/mol. The molecule has 0 bridgehead atoms. The summed E-state index contributed by atoms with van der Waals surface area (Å²) in [6.07, 6.45) is -1.21. The van der Waals surface area contributed by atoms with Crippen LogP contribution in [0.5, 0.6) is 0 Å². The number of benzene rings is 1. The van der Waals surface area contributed by atoms with Gasteiger partial charge in [0, 0.05) is 0 Å². The summed E-state index contributed by atoms with van der Waals surface area (Å²) in [6, 6.07) is 3.33. The van der Waals surface area contributed by atoms with E-state index >= 15 is 0 Å². The molecule has 1 aromatic carbocycles. The number of halogens is 4. The molecule has 1 N–H and O–H groups in total. The van der Waals surface area contributed by atoms with Gasteiger partial charge in [-0.3, -0.25) is 0 Å². The van der Waals surface area contributed by atoms with Gasteiger partial charge in [0.15, 0.2) is 0 Å². The molecule has 0 atom stereocenters. The van der Waals surface area contributed by atoms with Crippen LogP contribution in [0, 0.1) is 5.82 Å². The van der Waals surface area contributed by atoms with Gasteiger partial charge in [0.2, 0.25) is 0 Å². The molecule has 0 unspecified atom stereocenters. The van der Waals surface area contributed by atoms with Gasteiger partial charge in [0.1, 0.15) is 5.82 Å². The minimum absolute atomic E-state index is 0.145. The van der Waals surface area contributed by atoms with Gasteiger partial charge in [-0.05, 0) is 31.6 Å². The number of hydrogen-bond acceptors (Lipinski definition) is 1. The van der Waals surface area contributed by atoms with Gasteiger partial charge in [-0.15, -0.1) is 0 Å². The minimum Gasteiger partial charge on any atom is -0.319 e. The van der Waals surface area contributed by atoms with E-state index in [9.17, 15) is 17.6 Å². The monoisotopic (exact) mass is 247 g/mol. The molecule has 0 saturated heterocycles. The Morgan fingerprint density at radius 2 is 2.00 bits per heavy atom. The molecule has 0 heterocycles. The van der Waals surface area contributed by atoms with Crippen LogP contribution in [0.1, 0.15) is 17.5 Å². The molecule has 17 heavy (non-hydrogen) atoms. The van der Waals surface area contributed by atoms with Crippen molar-refractivity contribution in [3.05, 3.63) is 41.2 Å². The topological polar surface area (TPSA) is 12.0 Å². The lowest BCUT2D eigenvalue weighted by molar-refractivity contribution is -0.140. The third-order valence-electron chi connectivity index (χ3n) is 2.19. The normalized spacial score (nSPS) is 12.3. The van der Waals surface area contributed by atoms with Crippen LogP contribution in [0.25, 0.3) is 6.08 Å². The number of hydrogen-bond donors (Lipinski definition) is 1. The molecular weight excluding hydrogens is 234 g/mol. The highest BCUT2D eigenvalue weighted by Gasteiger charge is 2.35. The van der Waals surface area contributed by atoms with Crippen molar-refractivity contribution in [2.24, 2.45) is 0 Å². The van der Waals surface area contributed by atoms with Crippen LogP contribution in [0.2, 0.25) is 0 Å². The Labute approximate surface area is 97.1 Å². The highest BCUT2D eigenvalue weighted by molar-refractivity contribution is 5.55. The minimum atomic E-state index is -4.67. The van der Waals surface area contributed by atoms with Crippen LogP contribution in [-0.4, -0.2) is 13.6 Å². The van der Waals surface area contributed by atoms with Crippen LogP contribution >= 0.6 is 0 Å². The second kappa shape index (κ2) is 5.82. The second-order valence-electron chi connectivity index (χ2n) is 3.50. The van der Waals surface area contributed by atoms with Crippen LogP contribution in [0.15, 0.2) is 24.3 Å². The first-order chi connectivity index (χ1) is 7.96. The number of alkyl halides is 3. The Kier molecular flexibility index (Phi) is 4.69. The van der Waals surface area contributed by atoms with E-state index in [0.29, 0.717) is 13.0 Å². The molecule has 1 aromatic rings. The molecule has 0 fully saturated rings. The fourth-order valence-corrected chi connectivity index (χ4v) is 1.42. The Morgan fingerprint density at radius 3 is 2.59 bits per heavy atom. The zero-order valence-corrected chi connectivity index (χ0v) is 9.31. The van der Waals surface area contributed by atoms with Crippen molar-refractivity contribution < 1.29 is 17.6 Å². The first-order valence-electron chi connectivity index (χ1n) is 5.13. The standard InChI is InChI=1S/C12H13F4N/c1-17-8-3-2-5-9-6-4-7-10(13)11(9)12(14,15)16/h2,4-7,17H,3,8H2,1H3. The SMILES string of the molecule is CNCCC=Cc1cccc(F)c1C(F)(F)F. The Balaban J connectivity index is 2.99. The summed E-state index contributed by atoms with van der Waals surface area (Å²) < 4.78 is 51.0. The van der Waals surface area contributed by atoms with E-state index < -0.39 is 17.6 Å². The quantitative estimate of drug-likeness (QED) is 0.634. The summed E-state index contributed by atoms with van der Waals surface area (Å²) in [5.74, 6) is -1.24. The highest BCUT2D eigenvalue weighted by Crippen LogP contribution is 2.34. The number of nitrogens with one attached hydrogen (secondary N) is 1. The maximum Gasteiger partial charge on any atom is 0.419 e. The first kappa shape index (κ1) is 13.7. The maximum absolute atomic E-state index is 13.2. The van der Waals surface area contributed by atoms with E-state index in [1.165, 1.54) is 18.2 Å². The van der Waals surface area contributed by atoms with Crippen molar-refractivity contribution in [1.82, 2.24) is 5.32 Å². The second-order valence-corrected chi connectivity index (χ2v) is 3.50. The third-order valence-corrected chi connectivity index (χ3v) is 2.19. The molecular formula is C12H13F4N. The Morgan fingerprint density at radius 1 is 1.29 bits per heavy atom. The average molecular weight is 247 g/mol. The van der Waals surface area contributed by atoms with E-state index in [0.717, 1.165) is 6.07 Å². The van der Waals surface area contributed by atoms with Crippen molar-refractivity contribution in [2.75, 3.05) is 13.6 Å². The fraction of sp³-hybridized carbons (Fsp3) is 0.333. The zero-order valence-electron chi connectivity index (χ0n) is 9.31. The van der Waals surface area contributed by atoms with Gasteiger partial charge in [0.25, 0.3) is 0 Å². The lowest BCUT2D eigenvalue weighted by Gasteiger charge is -2.11. The molecule has 0 amide bonds. The fourth-order valence-electron chi connectivity index (χ4n) is 1.42. The van der Waals surface area contributed by atoms with Crippen molar-refractivity contribution in [3.8, 4) is 0 Å². The molecule has 0 aromatic heterocycles. The molecule has 0 aliphatic heterocycles. The van der Waals surface area contributed by atoms with Crippen molar-refractivity contribution >= 4 is 6.08 Å². The van der Waals surface area contributed by atoms with Crippen molar-refractivity contribution in [2.45, 2.75) is 12.6 Å².